The van der Waals surface area contributed by atoms with E-state index >= 15 is 0 Å². The number of benzene rings is 2. The fourth-order valence-electron chi connectivity index (χ4n) is 2.66. The summed E-state index contributed by atoms with van der Waals surface area (Å²) in [6, 6.07) is 13.6. The molecule has 27 heavy (non-hydrogen) atoms. The average molecular weight is 382 g/mol. The van der Waals surface area contributed by atoms with Gasteiger partial charge in [0.2, 0.25) is 5.91 Å². The number of para-hydroxylation sites is 2. The summed E-state index contributed by atoms with van der Waals surface area (Å²) in [6.45, 7) is 2.30. The maximum atomic E-state index is 12.6. The van der Waals surface area contributed by atoms with Crippen LogP contribution in [0.25, 0.3) is 10.9 Å². The molecule has 2 aromatic carbocycles. The molecule has 138 valence electrons. The molecule has 0 saturated heterocycles. The topological polar surface area (TPSA) is 107 Å². The van der Waals surface area contributed by atoms with Gasteiger partial charge in [0.15, 0.2) is 5.16 Å². The Morgan fingerprint density at radius 2 is 1.85 bits per heavy atom. The molecule has 0 radical (unpaired) electrons. The summed E-state index contributed by atoms with van der Waals surface area (Å²) in [5.74, 6) is -0.897. The standard InChI is InChI=1S/C19H18N4O3S/c1-2-23-18(26)13-8-4-6-10-15(13)22-19(23)27-11-16(24)21-14-9-5-3-7-12(14)17(20)25/h3-10H,2,11H2,1H3,(H2,20,25)(H,21,24). The Morgan fingerprint density at radius 1 is 1.15 bits per heavy atom. The van der Waals surface area contributed by atoms with Crippen molar-refractivity contribution in [3.8, 4) is 0 Å². The minimum absolute atomic E-state index is 0.0396. The number of carbonyl (C=O) groups excluding carboxylic acids is 2. The van der Waals surface area contributed by atoms with Crippen molar-refractivity contribution in [3.63, 3.8) is 0 Å². The van der Waals surface area contributed by atoms with Gasteiger partial charge in [-0.15, -0.1) is 0 Å². The van der Waals surface area contributed by atoms with Gasteiger partial charge in [-0.25, -0.2) is 4.98 Å². The van der Waals surface area contributed by atoms with E-state index < -0.39 is 5.91 Å². The molecule has 0 aliphatic rings. The predicted molar refractivity (Wildman–Crippen MR) is 106 cm³/mol. The lowest BCUT2D eigenvalue weighted by Crippen LogP contribution is -2.24. The number of nitrogens with two attached hydrogens (primary N) is 1. The monoisotopic (exact) mass is 382 g/mol. The zero-order valence-corrected chi connectivity index (χ0v) is 15.5. The average Bonchev–Trinajstić information content (AvgIpc) is 2.67. The van der Waals surface area contributed by atoms with Crippen molar-refractivity contribution in [1.29, 1.82) is 0 Å². The Hall–Kier alpha value is -3.13. The Balaban J connectivity index is 1.80. The maximum absolute atomic E-state index is 12.6. The summed E-state index contributed by atoms with van der Waals surface area (Å²) < 4.78 is 1.54. The van der Waals surface area contributed by atoms with Crippen molar-refractivity contribution < 1.29 is 9.59 Å². The van der Waals surface area contributed by atoms with Crippen LogP contribution in [-0.4, -0.2) is 27.1 Å². The fourth-order valence-corrected chi connectivity index (χ4v) is 3.52. The van der Waals surface area contributed by atoms with Crippen LogP contribution in [0.3, 0.4) is 0 Å². The van der Waals surface area contributed by atoms with Crippen molar-refractivity contribution >= 4 is 40.2 Å². The lowest BCUT2D eigenvalue weighted by atomic mass is 10.1. The highest BCUT2D eigenvalue weighted by Gasteiger charge is 2.14. The highest BCUT2D eigenvalue weighted by Crippen LogP contribution is 2.19. The second kappa shape index (κ2) is 8.05. The van der Waals surface area contributed by atoms with E-state index in [0.29, 0.717) is 28.3 Å². The van der Waals surface area contributed by atoms with Gasteiger partial charge in [-0.3, -0.25) is 19.0 Å². The predicted octanol–water partition coefficient (Wildman–Crippen LogP) is 2.25. The maximum Gasteiger partial charge on any atom is 0.262 e. The number of hydrogen-bond acceptors (Lipinski definition) is 5. The minimum Gasteiger partial charge on any atom is -0.366 e. The number of anilines is 1. The van der Waals surface area contributed by atoms with Crippen LogP contribution in [0, 0.1) is 0 Å². The number of nitrogens with zero attached hydrogens (tertiary/aromatic N) is 2. The van der Waals surface area contributed by atoms with Gasteiger partial charge in [0.05, 0.1) is 27.9 Å². The van der Waals surface area contributed by atoms with Gasteiger partial charge in [0, 0.05) is 6.54 Å². The molecular formula is C19H18N4O3S. The molecule has 1 heterocycles. The Morgan fingerprint density at radius 3 is 2.59 bits per heavy atom. The van der Waals surface area contributed by atoms with Crippen molar-refractivity contribution in [3.05, 3.63) is 64.4 Å². The first-order chi connectivity index (χ1) is 13.0. The van der Waals surface area contributed by atoms with Gasteiger partial charge in [0.1, 0.15) is 0 Å². The molecule has 0 aliphatic carbocycles. The molecule has 0 aliphatic heterocycles. The summed E-state index contributed by atoms with van der Waals surface area (Å²) in [7, 11) is 0. The largest absolute Gasteiger partial charge is 0.366 e. The first-order valence-electron chi connectivity index (χ1n) is 8.32. The van der Waals surface area contributed by atoms with E-state index in [9.17, 15) is 14.4 Å². The summed E-state index contributed by atoms with van der Waals surface area (Å²) in [4.78, 5) is 40.9. The zero-order chi connectivity index (χ0) is 19.4. The number of primary amides is 1. The van der Waals surface area contributed by atoms with Gasteiger partial charge in [0.25, 0.3) is 11.5 Å². The highest BCUT2D eigenvalue weighted by atomic mass is 32.2. The zero-order valence-electron chi connectivity index (χ0n) is 14.6. The van der Waals surface area contributed by atoms with E-state index in [4.69, 9.17) is 5.73 Å². The second-order valence-corrected chi connectivity index (χ2v) is 6.65. The molecule has 8 heteroatoms. The molecule has 7 nitrogen and oxygen atoms in total. The summed E-state index contributed by atoms with van der Waals surface area (Å²) >= 11 is 1.17. The number of thioether (sulfide) groups is 1. The molecule has 3 N–H and O–H groups in total. The minimum atomic E-state index is -0.616. The van der Waals surface area contributed by atoms with Crippen molar-refractivity contribution in [2.75, 3.05) is 11.1 Å². The van der Waals surface area contributed by atoms with E-state index in [2.05, 4.69) is 10.3 Å². The molecule has 0 fully saturated rings. The van der Waals surface area contributed by atoms with E-state index in [1.165, 1.54) is 16.3 Å². The van der Waals surface area contributed by atoms with Crippen LogP contribution < -0.4 is 16.6 Å². The Labute approximate surface area is 159 Å². The molecule has 0 unspecified atom stereocenters. The van der Waals surface area contributed by atoms with Crippen LogP contribution in [-0.2, 0) is 11.3 Å². The fraction of sp³-hybridized carbons (Fsp3) is 0.158. The number of carbonyl (C=O) groups is 2. The smallest absolute Gasteiger partial charge is 0.262 e. The van der Waals surface area contributed by atoms with E-state index in [-0.39, 0.29) is 22.8 Å². The van der Waals surface area contributed by atoms with Crippen molar-refractivity contribution in [1.82, 2.24) is 9.55 Å². The summed E-state index contributed by atoms with van der Waals surface area (Å²) in [5.41, 5.74) is 6.37. The van der Waals surface area contributed by atoms with Gasteiger partial charge in [-0.2, -0.15) is 0 Å². The van der Waals surface area contributed by atoms with Gasteiger partial charge in [-0.05, 0) is 31.2 Å². The van der Waals surface area contributed by atoms with E-state index in [1.807, 2.05) is 13.0 Å². The van der Waals surface area contributed by atoms with Crippen molar-refractivity contribution in [2.45, 2.75) is 18.6 Å². The second-order valence-electron chi connectivity index (χ2n) is 5.71. The number of hydrogen-bond donors (Lipinski definition) is 2. The molecule has 0 spiro atoms. The number of amides is 2. The molecule has 1 aromatic heterocycles. The lowest BCUT2D eigenvalue weighted by molar-refractivity contribution is -0.113. The summed E-state index contributed by atoms with van der Waals surface area (Å²) in [6.07, 6.45) is 0. The Bertz CT molecular complexity index is 1080. The molecule has 3 rings (SSSR count). The molecule has 3 aromatic rings. The quantitative estimate of drug-likeness (QED) is 0.502. The summed E-state index contributed by atoms with van der Waals surface area (Å²) in [5, 5.41) is 3.69. The van der Waals surface area contributed by atoms with Crippen LogP contribution in [0.2, 0.25) is 0 Å². The number of fused-ring (bicyclic) bond motifs is 1. The molecule has 2 amide bonds. The van der Waals surface area contributed by atoms with Gasteiger partial charge >= 0.3 is 0 Å². The first kappa shape index (κ1) is 18.7. The SMILES string of the molecule is CCn1c(SCC(=O)Nc2ccccc2C(N)=O)nc2ccccc2c1=O. The van der Waals surface area contributed by atoms with Crippen LogP contribution in [0.15, 0.2) is 58.5 Å². The number of nitrogens with one attached hydrogen (secondary N) is 1. The van der Waals surface area contributed by atoms with Crippen LogP contribution in [0.4, 0.5) is 5.69 Å². The third kappa shape index (κ3) is 4.01. The number of rotatable bonds is 6. The van der Waals surface area contributed by atoms with Crippen LogP contribution in [0.5, 0.6) is 0 Å². The van der Waals surface area contributed by atoms with Gasteiger partial charge < -0.3 is 11.1 Å². The first-order valence-corrected chi connectivity index (χ1v) is 9.31. The Kier molecular flexibility index (Phi) is 5.56. The van der Waals surface area contributed by atoms with E-state index in [0.717, 1.165) is 0 Å². The van der Waals surface area contributed by atoms with Crippen LogP contribution >= 0.6 is 11.8 Å². The third-order valence-corrected chi connectivity index (χ3v) is 4.92. The highest BCUT2D eigenvalue weighted by molar-refractivity contribution is 7.99. The molecule has 0 atom stereocenters. The molecule has 0 bridgehead atoms. The molecular weight excluding hydrogens is 364 g/mol. The van der Waals surface area contributed by atoms with Gasteiger partial charge in [-0.1, -0.05) is 36.0 Å². The third-order valence-electron chi connectivity index (χ3n) is 3.94. The van der Waals surface area contributed by atoms with Crippen LogP contribution in [0.1, 0.15) is 17.3 Å². The van der Waals surface area contributed by atoms with E-state index in [1.54, 1.807) is 42.5 Å². The lowest BCUT2D eigenvalue weighted by Gasteiger charge is -2.12. The van der Waals surface area contributed by atoms with Crippen molar-refractivity contribution in [2.24, 2.45) is 5.73 Å². The number of aromatic nitrogens is 2. The normalized spacial score (nSPS) is 10.7. The molecule has 0 saturated carbocycles.